The van der Waals surface area contributed by atoms with Gasteiger partial charge in [0.15, 0.2) is 0 Å². The second kappa shape index (κ2) is 4.82. The Morgan fingerprint density at radius 3 is 2.72 bits per heavy atom. The van der Waals surface area contributed by atoms with Gasteiger partial charge in [-0.2, -0.15) is 0 Å². The standard InChI is InChI=1S/C14H24N2O2/c1-11-9-15-10-14(18-11)4-6-16(7-5-14)13(17)8-12-2-3-12/h11-12,15H,2-10H2,1H3. The first kappa shape index (κ1) is 12.4. The van der Waals surface area contributed by atoms with Crippen LogP contribution in [0.4, 0.5) is 0 Å². The Kier molecular flexibility index (Phi) is 3.32. The predicted molar refractivity (Wildman–Crippen MR) is 69.3 cm³/mol. The van der Waals surface area contributed by atoms with Crippen molar-refractivity contribution in [3.63, 3.8) is 0 Å². The van der Waals surface area contributed by atoms with Gasteiger partial charge in [-0.15, -0.1) is 0 Å². The van der Waals surface area contributed by atoms with Gasteiger partial charge in [-0.25, -0.2) is 0 Å². The minimum absolute atomic E-state index is 0.00593. The number of amides is 1. The Morgan fingerprint density at radius 1 is 1.39 bits per heavy atom. The molecular weight excluding hydrogens is 228 g/mol. The first-order chi connectivity index (χ1) is 8.67. The molecule has 2 heterocycles. The molecule has 1 atom stereocenters. The first-order valence-electron chi connectivity index (χ1n) is 7.33. The zero-order valence-electron chi connectivity index (χ0n) is 11.3. The number of hydrogen-bond acceptors (Lipinski definition) is 3. The molecule has 1 saturated carbocycles. The molecule has 2 aliphatic heterocycles. The zero-order chi connectivity index (χ0) is 12.6. The molecule has 3 aliphatic rings. The summed E-state index contributed by atoms with van der Waals surface area (Å²) in [6, 6.07) is 0. The molecule has 3 rings (SSSR count). The van der Waals surface area contributed by atoms with E-state index in [2.05, 4.69) is 12.2 Å². The van der Waals surface area contributed by atoms with Gasteiger partial charge in [0.25, 0.3) is 0 Å². The van der Waals surface area contributed by atoms with Crippen LogP contribution < -0.4 is 5.32 Å². The summed E-state index contributed by atoms with van der Waals surface area (Å²) in [5.41, 5.74) is -0.00593. The van der Waals surface area contributed by atoms with Gasteiger partial charge in [0, 0.05) is 32.6 Å². The Balaban J connectivity index is 1.51. The fraction of sp³-hybridized carbons (Fsp3) is 0.929. The number of piperidine rings is 1. The molecule has 102 valence electrons. The fourth-order valence-corrected chi connectivity index (χ4v) is 3.17. The second-order valence-electron chi connectivity index (χ2n) is 6.27. The molecule has 0 aromatic heterocycles. The monoisotopic (exact) mass is 252 g/mol. The SMILES string of the molecule is CC1CNCC2(CCN(C(=O)CC3CC3)CC2)O1. The normalized spacial score (nSPS) is 31.6. The molecule has 0 aromatic rings. The van der Waals surface area contributed by atoms with Crippen molar-refractivity contribution >= 4 is 5.91 Å². The van der Waals surface area contributed by atoms with E-state index in [0.29, 0.717) is 17.9 Å². The number of nitrogens with zero attached hydrogens (tertiary/aromatic N) is 1. The molecule has 3 fully saturated rings. The summed E-state index contributed by atoms with van der Waals surface area (Å²) in [6.07, 6.45) is 5.57. The van der Waals surface area contributed by atoms with Crippen LogP contribution in [0.15, 0.2) is 0 Å². The van der Waals surface area contributed by atoms with Crippen LogP contribution in [-0.2, 0) is 9.53 Å². The van der Waals surface area contributed by atoms with Crippen molar-refractivity contribution in [2.24, 2.45) is 5.92 Å². The van der Waals surface area contributed by atoms with Gasteiger partial charge in [-0.1, -0.05) is 0 Å². The van der Waals surface area contributed by atoms with Crippen LogP contribution in [0.2, 0.25) is 0 Å². The summed E-state index contributed by atoms with van der Waals surface area (Å²) >= 11 is 0. The highest BCUT2D eigenvalue weighted by Gasteiger charge is 2.40. The number of carbonyl (C=O) groups excluding carboxylic acids is 1. The van der Waals surface area contributed by atoms with E-state index >= 15 is 0 Å². The lowest BCUT2D eigenvalue weighted by Crippen LogP contribution is -2.58. The van der Waals surface area contributed by atoms with Crippen LogP contribution in [0.1, 0.15) is 39.0 Å². The molecule has 1 amide bonds. The molecule has 1 unspecified atom stereocenters. The van der Waals surface area contributed by atoms with E-state index in [4.69, 9.17) is 4.74 Å². The van der Waals surface area contributed by atoms with Crippen molar-refractivity contribution in [1.29, 1.82) is 0 Å². The van der Waals surface area contributed by atoms with Crippen molar-refractivity contribution in [3.8, 4) is 0 Å². The van der Waals surface area contributed by atoms with Gasteiger partial charge in [0.05, 0.1) is 11.7 Å². The third-order valence-corrected chi connectivity index (χ3v) is 4.52. The fourth-order valence-electron chi connectivity index (χ4n) is 3.17. The molecule has 4 nitrogen and oxygen atoms in total. The highest BCUT2D eigenvalue weighted by molar-refractivity contribution is 5.76. The molecule has 0 radical (unpaired) electrons. The number of likely N-dealkylation sites (tertiary alicyclic amines) is 1. The van der Waals surface area contributed by atoms with Gasteiger partial charge in [-0.05, 0) is 38.5 Å². The summed E-state index contributed by atoms with van der Waals surface area (Å²) in [5, 5.41) is 3.45. The zero-order valence-corrected chi connectivity index (χ0v) is 11.3. The largest absolute Gasteiger partial charge is 0.369 e. The third kappa shape index (κ3) is 2.69. The molecule has 0 bridgehead atoms. The summed E-state index contributed by atoms with van der Waals surface area (Å²) < 4.78 is 6.14. The Hall–Kier alpha value is -0.610. The number of carbonyl (C=O) groups is 1. The first-order valence-corrected chi connectivity index (χ1v) is 7.33. The van der Waals surface area contributed by atoms with Crippen LogP contribution in [-0.4, -0.2) is 48.7 Å². The molecule has 1 aliphatic carbocycles. The number of rotatable bonds is 2. The van der Waals surface area contributed by atoms with Crippen molar-refractivity contribution in [3.05, 3.63) is 0 Å². The number of morpholine rings is 1. The van der Waals surface area contributed by atoms with E-state index in [0.717, 1.165) is 45.4 Å². The highest BCUT2D eigenvalue weighted by Crippen LogP contribution is 2.34. The Morgan fingerprint density at radius 2 is 2.11 bits per heavy atom. The van der Waals surface area contributed by atoms with Crippen LogP contribution in [0, 0.1) is 5.92 Å². The topological polar surface area (TPSA) is 41.6 Å². The molecule has 1 N–H and O–H groups in total. The number of nitrogens with one attached hydrogen (secondary N) is 1. The Labute approximate surface area is 109 Å². The summed E-state index contributed by atoms with van der Waals surface area (Å²) in [4.78, 5) is 14.1. The summed E-state index contributed by atoms with van der Waals surface area (Å²) in [7, 11) is 0. The lowest BCUT2D eigenvalue weighted by Gasteiger charge is -2.46. The molecule has 18 heavy (non-hydrogen) atoms. The van der Waals surface area contributed by atoms with Crippen LogP contribution in [0.3, 0.4) is 0 Å². The molecule has 1 spiro atoms. The van der Waals surface area contributed by atoms with Gasteiger partial charge in [0.2, 0.25) is 5.91 Å². The number of ether oxygens (including phenoxy) is 1. The van der Waals surface area contributed by atoms with E-state index in [1.54, 1.807) is 0 Å². The second-order valence-corrected chi connectivity index (χ2v) is 6.27. The van der Waals surface area contributed by atoms with E-state index < -0.39 is 0 Å². The van der Waals surface area contributed by atoms with Gasteiger partial charge in [-0.3, -0.25) is 4.79 Å². The number of hydrogen-bond donors (Lipinski definition) is 1. The van der Waals surface area contributed by atoms with Crippen LogP contribution in [0.5, 0.6) is 0 Å². The maximum absolute atomic E-state index is 12.1. The van der Waals surface area contributed by atoms with Gasteiger partial charge < -0.3 is 15.0 Å². The van der Waals surface area contributed by atoms with Crippen molar-refractivity contribution in [1.82, 2.24) is 10.2 Å². The maximum atomic E-state index is 12.1. The van der Waals surface area contributed by atoms with Gasteiger partial charge in [0.1, 0.15) is 0 Å². The minimum atomic E-state index is -0.00593. The predicted octanol–water partition coefficient (Wildman–Crippen LogP) is 1.16. The maximum Gasteiger partial charge on any atom is 0.222 e. The van der Waals surface area contributed by atoms with Crippen molar-refractivity contribution < 1.29 is 9.53 Å². The minimum Gasteiger partial charge on any atom is -0.369 e. The summed E-state index contributed by atoms with van der Waals surface area (Å²) in [6.45, 7) is 5.77. The molecule has 2 saturated heterocycles. The molecular formula is C14H24N2O2. The molecule has 0 aromatic carbocycles. The third-order valence-electron chi connectivity index (χ3n) is 4.52. The average molecular weight is 252 g/mol. The van der Waals surface area contributed by atoms with E-state index in [1.165, 1.54) is 12.8 Å². The van der Waals surface area contributed by atoms with Crippen molar-refractivity contribution in [2.75, 3.05) is 26.2 Å². The van der Waals surface area contributed by atoms with Gasteiger partial charge >= 0.3 is 0 Å². The van der Waals surface area contributed by atoms with E-state index in [9.17, 15) is 4.79 Å². The van der Waals surface area contributed by atoms with Crippen LogP contribution >= 0.6 is 0 Å². The van der Waals surface area contributed by atoms with E-state index in [1.807, 2.05) is 4.90 Å². The van der Waals surface area contributed by atoms with E-state index in [-0.39, 0.29) is 5.60 Å². The average Bonchev–Trinajstić information content (AvgIpc) is 3.13. The van der Waals surface area contributed by atoms with Crippen molar-refractivity contribution in [2.45, 2.75) is 50.7 Å². The Bertz CT molecular complexity index is 320. The lowest BCUT2D eigenvalue weighted by atomic mass is 9.89. The quantitative estimate of drug-likeness (QED) is 0.802. The summed E-state index contributed by atoms with van der Waals surface area (Å²) in [5.74, 6) is 1.06. The van der Waals surface area contributed by atoms with Crippen LogP contribution in [0.25, 0.3) is 0 Å². The smallest absolute Gasteiger partial charge is 0.222 e. The molecule has 4 heteroatoms. The highest BCUT2D eigenvalue weighted by atomic mass is 16.5. The lowest BCUT2D eigenvalue weighted by molar-refractivity contribution is -0.150.